The van der Waals surface area contributed by atoms with E-state index in [1.807, 2.05) is 0 Å². The summed E-state index contributed by atoms with van der Waals surface area (Å²) >= 11 is 0. The molecule has 0 fully saturated rings. The zero-order valence-electron chi connectivity index (χ0n) is 11.4. The second-order valence-corrected chi connectivity index (χ2v) is 4.51. The largest absolute Gasteiger partial charge is 0.317 e. The van der Waals surface area contributed by atoms with Crippen LogP contribution in [0.15, 0.2) is 0 Å². The molecule has 97 valence electrons. The first-order chi connectivity index (χ1) is 7.85. The van der Waals surface area contributed by atoms with Gasteiger partial charge in [0.1, 0.15) is 0 Å². The maximum absolute atomic E-state index is 3.83. The summed E-state index contributed by atoms with van der Waals surface area (Å²) < 4.78 is 0. The van der Waals surface area contributed by atoms with Gasteiger partial charge in [-0.15, -0.1) is 0 Å². The fourth-order valence-electron chi connectivity index (χ4n) is 1.78. The van der Waals surface area contributed by atoms with E-state index in [4.69, 9.17) is 0 Å². The van der Waals surface area contributed by atoms with E-state index >= 15 is 0 Å². The minimum absolute atomic E-state index is 0.995. The first-order valence-corrected chi connectivity index (χ1v) is 7.07. The van der Waals surface area contributed by atoms with Crippen LogP contribution in [0.2, 0.25) is 0 Å². The van der Waals surface area contributed by atoms with Crippen LogP contribution in [0.25, 0.3) is 0 Å². The van der Waals surface area contributed by atoms with Crippen molar-refractivity contribution < 1.29 is 0 Å². The van der Waals surface area contributed by atoms with Crippen LogP contribution >= 0.6 is 0 Å². The van der Waals surface area contributed by atoms with E-state index in [2.05, 4.69) is 31.0 Å². The lowest BCUT2D eigenvalue weighted by atomic mass is 10.2. The topological polar surface area (TPSA) is 15.3 Å². The predicted molar refractivity (Wildman–Crippen MR) is 73.7 cm³/mol. The average molecular weight is 227 g/mol. The summed E-state index contributed by atoms with van der Waals surface area (Å²) in [5.74, 6) is 0. The maximum Gasteiger partial charge on any atom is -0.000664 e. The zero-order valence-corrected chi connectivity index (χ0v) is 11.4. The Kier molecular flexibility index (Phi) is 12.9. The Morgan fingerprint density at radius 3 is 1.94 bits per heavy atom. The molecule has 0 spiro atoms. The Hall–Kier alpha value is -0.0800. The van der Waals surface area contributed by atoms with Crippen molar-refractivity contribution >= 4 is 0 Å². The van der Waals surface area contributed by atoms with Crippen LogP contribution in [0.1, 0.15) is 52.4 Å². The highest BCUT2D eigenvalue weighted by Crippen LogP contribution is 2.00. The highest BCUT2D eigenvalue weighted by Gasteiger charge is 2.02. The molecule has 0 rings (SSSR count). The molecule has 2 nitrogen and oxygen atoms in total. The average Bonchev–Trinajstić information content (AvgIpc) is 2.31. The molecule has 0 saturated carbocycles. The van der Waals surface area contributed by atoms with Gasteiger partial charge < -0.3 is 10.2 Å². The predicted octanol–water partition coefficient (Wildman–Crippen LogP) is 3.09. The van der Waals surface area contributed by atoms with Gasteiger partial charge in [0, 0.05) is 0 Å². The smallest absolute Gasteiger partial charge is 0.000664 e. The Morgan fingerprint density at radius 2 is 1.44 bits per heavy atom. The third-order valence-electron chi connectivity index (χ3n) is 2.84. The van der Waals surface area contributed by atoms with Crippen molar-refractivity contribution in [3.63, 3.8) is 0 Å². The van der Waals surface area contributed by atoms with Crippen molar-refractivity contribution in [2.45, 2.75) is 52.4 Å². The van der Waals surface area contributed by atoms with Crippen LogP contribution in [-0.2, 0) is 0 Å². The molecule has 0 aromatic carbocycles. The van der Waals surface area contributed by atoms with Crippen molar-refractivity contribution in [1.82, 2.24) is 10.2 Å². The Bertz CT molecular complexity index is 118. The molecular weight excluding hydrogens is 196 g/mol. The molecule has 0 unspecified atom stereocenters. The van der Waals surface area contributed by atoms with Gasteiger partial charge in [-0.2, -0.15) is 0 Å². The van der Waals surface area contributed by atoms with Crippen LogP contribution in [0.4, 0.5) is 0 Å². The summed E-state index contributed by atoms with van der Waals surface area (Å²) in [6.07, 6.45) is 7.57. The minimum atomic E-state index is 0.995. The normalized spacial score (nSPS) is 11.2. The summed E-state index contributed by atoms with van der Waals surface area (Å²) in [6.45, 7) is 14.4. The number of rotatable bonds is 12. The lowest BCUT2D eigenvalue weighted by Gasteiger charge is -2.21. The van der Waals surface area contributed by atoms with Gasteiger partial charge in [-0.3, -0.25) is 0 Å². The van der Waals surface area contributed by atoms with Gasteiger partial charge in [0.2, 0.25) is 0 Å². The summed E-state index contributed by atoms with van der Waals surface area (Å²) in [5, 5.41) is 3.41. The summed E-state index contributed by atoms with van der Waals surface area (Å²) in [6, 6.07) is 0. The highest BCUT2D eigenvalue weighted by atomic mass is 15.1. The second kappa shape index (κ2) is 13.0. The van der Waals surface area contributed by atoms with Crippen LogP contribution in [0.5, 0.6) is 0 Å². The van der Waals surface area contributed by atoms with Crippen LogP contribution in [0, 0.1) is 6.92 Å². The SMILES string of the molecule is [CH2]CCNCCCN(CCCC)CCCC. The standard InChI is InChI=1S/C14H31N2/c1-4-7-12-16(13-8-5-2)14-9-11-15-10-6-3/h15H,3-14H2,1-2H3. The van der Waals surface area contributed by atoms with Crippen LogP contribution in [-0.4, -0.2) is 37.6 Å². The molecular formula is C14H31N2. The number of nitrogens with zero attached hydrogens (tertiary/aromatic N) is 1. The number of nitrogens with one attached hydrogen (secondary N) is 1. The molecule has 0 aliphatic rings. The molecule has 2 heteroatoms. The molecule has 0 aromatic heterocycles. The zero-order chi connectivity index (χ0) is 12.1. The quantitative estimate of drug-likeness (QED) is 0.515. The maximum atomic E-state index is 3.83. The fraction of sp³-hybridized carbons (Fsp3) is 0.929. The van der Waals surface area contributed by atoms with Gasteiger partial charge in [0.15, 0.2) is 0 Å². The Labute approximate surface area is 103 Å². The van der Waals surface area contributed by atoms with Crippen molar-refractivity contribution in [2.24, 2.45) is 0 Å². The monoisotopic (exact) mass is 227 g/mol. The van der Waals surface area contributed by atoms with Crippen molar-refractivity contribution in [2.75, 3.05) is 32.7 Å². The fourth-order valence-corrected chi connectivity index (χ4v) is 1.78. The third kappa shape index (κ3) is 10.4. The third-order valence-corrected chi connectivity index (χ3v) is 2.84. The van der Waals surface area contributed by atoms with E-state index in [-0.39, 0.29) is 0 Å². The number of hydrogen-bond donors (Lipinski definition) is 1. The molecule has 0 aromatic rings. The van der Waals surface area contributed by atoms with E-state index in [0.29, 0.717) is 0 Å². The van der Waals surface area contributed by atoms with E-state index in [9.17, 15) is 0 Å². The molecule has 0 atom stereocenters. The Morgan fingerprint density at radius 1 is 0.875 bits per heavy atom. The molecule has 0 heterocycles. The lowest BCUT2D eigenvalue weighted by molar-refractivity contribution is 0.261. The molecule has 0 aliphatic carbocycles. The first-order valence-electron chi connectivity index (χ1n) is 7.07. The van der Waals surface area contributed by atoms with Gasteiger partial charge in [0.25, 0.3) is 0 Å². The minimum Gasteiger partial charge on any atom is -0.317 e. The van der Waals surface area contributed by atoms with E-state index in [1.165, 1.54) is 51.7 Å². The van der Waals surface area contributed by atoms with Crippen molar-refractivity contribution in [1.29, 1.82) is 0 Å². The first kappa shape index (κ1) is 15.9. The van der Waals surface area contributed by atoms with Gasteiger partial charge in [0.05, 0.1) is 0 Å². The lowest BCUT2D eigenvalue weighted by Crippen LogP contribution is -2.29. The second-order valence-electron chi connectivity index (χ2n) is 4.51. The summed E-state index contributed by atoms with van der Waals surface area (Å²) in [7, 11) is 0. The van der Waals surface area contributed by atoms with Gasteiger partial charge in [-0.25, -0.2) is 0 Å². The molecule has 1 N–H and O–H groups in total. The van der Waals surface area contributed by atoms with Crippen LogP contribution < -0.4 is 5.32 Å². The number of hydrogen-bond acceptors (Lipinski definition) is 2. The van der Waals surface area contributed by atoms with Crippen molar-refractivity contribution in [3.05, 3.63) is 6.92 Å². The summed E-state index contributed by atoms with van der Waals surface area (Å²) in [5.41, 5.74) is 0. The molecule has 0 bridgehead atoms. The van der Waals surface area contributed by atoms with Gasteiger partial charge >= 0.3 is 0 Å². The van der Waals surface area contributed by atoms with E-state index < -0.39 is 0 Å². The molecule has 0 saturated heterocycles. The molecule has 0 aliphatic heterocycles. The summed E-state index contributed by atoms with van der Waals surface area (Å²) in [4.78, 5) is 2.62. The van der Waals surface area contributed by atoms with Crippen LogP contribution in [0.3, 0.4) is 0 Å². The number of unbranched alkanes of at least 4 members (excludes halogenated alkanes) is 2. The van der Waals surface area contributed by atoms with E-state index in [0.717, 1.165) is 19.5 Å². The molecule has 1 radical (unpaired) electrons. The molecule has 16 heavy (non-hydrogen) atoms. The van der Waals surface area contributed by atoms with Gasteiger partial charge in [-0.05, 0) is 58.4 Å². The highest BCUT2D eigenvalue weighted by molar-refractivity contribution is 4.59. The van der Waals surface area contributed by atoms with Crippen molar-refractivity contribution in [3.8, 4) is 0 Å². The van der Waals surface area contributed by atoms with E-state index in [1.54, 1.807) is 0 Å². The Balaban J connectivity index is 3.48. The van der Waals surface area contributed by atoms with Gasteiger partial charge in [-0.1, -0.05) is 33.6 Å². The molecule has 0 amide bonds.